The topological polar surface area (TPSA) is 272 Å². The van der Waals surface area contributed by atoms with Crippen LogP contribution in [-0.2, 0) is 33.8 Å². The number of nitrogens with two attached hydrogens (primary N) is 1. The van der Waals surface area contributed by atoms with Crippen LogP contribution in [0.5, 0.6) is 5.75 Å². The van der Waals surface area contributed by atoms with Crippen molar-refractivity contribution in [2.45, 2.75) is 108 Å². The SMILES string of the molecule is C.C.C.C.C.CC(=O)Nc1cccc(N)c1.CC(=O)Nc1cccc(Nc2c(C)c(=O)n(C)c3c2c(=O)n(C2CC2)c(=O)n3-c2ccc(I)cc2F)c1.Cc1c(OS(=O)(=O)C(F)(F)F)c2c(=O)n(C3CC3)c(=O)n(-c3ccc(I)cc3F)c2n(C)c1=O. The fourth-order valence-corrected chi connectivity index (χ4v) is 10.3. The Balaban J connectivity index is 0.000000370. The average Bonchev–Trinajstić information content (AvgIpc) is 1.75. The van der Waals surface area contributed by atoms with Gasteiger partial charge in [-0.2, -0.15) is 21.6 Å². The number of rotatable bonds is 10. The number of amides is 2. The van der Waals surface area contributed by atoms with Crippen molar-refractivity contribution < 1.29 is 44.1 Å². The van der Waals surface area contributed by atoms with Crippen molar-refractivity contribution in [3.63, 3.8) is 0 Å². The number of hydrogen-bond acceptors (Lipinski definition) is 13. The molecule has 0 radical (unpaired) electrons. The summed E-state index contributed by atoms with van der Waals surface area (Å²) in [5.74, 6) is -3.08. The van der Waals surface area contributed by atoms with E-state index in [0.29, 0.717) is 59.0 Å². The van der Waals surface area contributed by atoms with Gasteiger partial charge in [0.15, 0.2) is 5.75 Å². The van der Waals surface area contributed by atoms with E-state index in [1.54, 1.807) is 61.5 Å². The fraction of sp³-hybridized carbons (Fsp3) is 0.310. The standard InChI is InChI=1S/C26H23FIN5O4.C19H14F4IN3O6S.C8H10N2O.5CH4/c1-13-22(30-17-6-4-5-16(12-17)29-14(2)34)21-23(31(3)24(13)35)33(20-10-7-15(28)11-19(20)27)26(37)32(25(21)36)18-8-9-18;1-8-14(33-34(31,32)19(21,22)23)13-15(25(2)16(8)28)27(12-6-3-9(24)7-11(12)20)18(30)26(17(13)29)10-4-5-10;1-6(11)10-8-4-2-3-7(9)5-8;;;;;/h4-7,10-12,18,30H,8-9H2,1-3H3,(H,29,34);3,6-7,10H,4-5H2,1-2H3;2-5H,9H2,1H3,(H,10,11);5*1H4. The zero-order valence-corrected chi connectivity index (χ0v) is 49.0. The Kier molecular flexibility index (Phi) is 23.8. The number of halogens is 7. The third kappa shape index (κ3) is 14.9. The molecule has 0 spiro atoms. The fourth-order valence-electron chi connectivity index (χ4n) is 8.88. The molecule has 10 rings (SSSR count). The van der Waals surface area contributed by atoms with E-state index in [0.717, 1.165) is 39.4 Å². The summed E-state index contributed by atoms with van der Waals surface area (Å²) in [4.78, 5) is 102. The third-order valence-corrected chi connectivity index (χ3v) is 15.2. The zero-order chi connectivity index (χ0) is 60.2. The number of aromatic nitrogens is 6. The Hall–Kier alpha value is -7.94. The molecule has 5 N–H and O–H groups in total. The molecular formula is C58H67F5I2N10O11S. The average molecular weight is 1460 g/mol. The summed E-state index contributed by atoms with van der Waals surface area (Å²) in [5.41, 5.74) is -4.12. The van der Waals surface area contributed by atoms with E-state index in [9.17, 15) is 64.3 Å². The van der Waals surface area contributed by atoms with Gasteiger partial charge in [-0.1, -0.05) is 49.3 Å². The van der Waals surface area contributed by atoms with Gasteiger partial charge in [-0.3, -0.25) is 47.0 Å². The number of carbonyl (C=O) groups is 2. The number of anilines is 5. The highest BCUT2D eigenvalue weighted by atomic mass is 127. The van der Waals surface area contributed by atoms with Gasteiger partial charge in [-0.15, -0.1) is 0 Å². The lowest BCUT2D eigenvalue weighted by Gasteiger charge is -2.21. The summed E-state index contributed by atoms with van der Waals surface area (Å²) in [7, 11) is -3.72. The van der Waals surface area contributed by atoms with Crippen LogP contribution < -0.4 is 59.5 Å². The van der Waals surface area contributed by atoms with Crippen molar-refractivity contribution in [1.82, 2.24) is 27.4 Å². The molecule has 2 aliphatic carbocycles. The Labute approximate surface area is 524 Å². The van der Waals surface area contributed by atoms with Gasteiger partial charge in [0.2, 0.25) is 11.8 Å². The minimum atomic E-state index is -6.29. The molecule has 4 aromatic carbocycles. The van der Waals surface area contributed by atoms with Crippen LogP contribution in [0.1, 0.15) is 99.9 Å². The molecule has 4 aromatic heterocycles. The molecule has 2 saturated carbocycles. The molecule has 29 heteroatoms. The third-order valence-electron chi connectivity index (χ3n) is 12.9. The van der Waals surface area contributed by atoms with Crippen LogP contribution in [0, 0.1) is 32.6 Å². The van der Waals surface area contributed by atoms with E-state index in [1.165, 1.54) is 49.7 Å². The van der Waals surface area contributed by atoms with E-state index in [2.05, 4.69) is 20.1 Å². The Morgan fingerprint density at radius 1 is 0.598 bits per heavy atom. The quantitative estimate of drug-likeness (QED) is 0.0326. The van der Waals surface area contributed by atoms with E-state index in [4.69, 9.17) is 5.73 Å². The Morgan fingerprint density at radius 3 is 1.41 bits per heavy atom. The Bertz CT molecular complexity index is 4490. The van der Waals surface area contributed by atoms with Crippen LogP contribution in [0.4, 0.5) is 50.4 Å². The van der Waals surface area contributed by atoms with Crippen molar-refractivity contribution in [2.75, 3.05) is 21.7 Å². The first-order chi connectivity index (χ1) is 38.4. The second-order valence-corrected chi connectivity index (χ2v) is 23.0. The number of hydrogen-bond donors (Lipinski definition) is 4. The van der Waals surface area contributed by atoms with E-state index < -0.39 is 95.0 Å². The molecule has 0 saturated heterocycles. The van der Waals surface area contributed by atoms with Gasteiger partial charge in [-0.05, 0) is 158 Å². The maximum Gasteiger partial charge on any atom is 0.534 e. The molecule has 0 aliphatic heterocycles. The second kappa shape index (κ2) is 28.3. The number of aryl methyl sites for hydroxylation is 2. The number of alkyl halides is 3. The predicted molar refractivity (Wildman–Crippen MR) is 348 cm³/mol. The van der Waals surface area contributed by atoms with Crippen LogP contribution in [0.15, 0.2) is 114 Å². The van der Waals surface area contributed by atoms with Gasteiger partial charge in [0.05, 0.1) is 22.6 Å². The summed E-state index contributed by atoms with van der Waals surface area (Å²) in [6.07, 6.45) is 2.08. The number of benzene rings is 4. The van der Waals surface area contributed by atoms with Crippen LogP contribution >= 0.6 is 45.2 Å². The van der Waals surface area contributed by atoms with Crippen molar-refractivity contribution in [3.05, 3.63) is 177 Å². The smallest absolute Gasteiger partial charge is 0.399 e. The highest BCUT2D eigenvalue weighted by Crippen LogP contribution is 2.37. The molecule has 2 aliphatic rings. The summed E-state index contributed by atoms with van der Waals surface area (Å²) in [6, 6.07) is 21.0. The minimum Gasteiger partial charge on any atom is -0.399 e. The molecular weight excluding hydrogens is 1390 g/mol. The number of fused-ring (bicyclic) bond motifs is 2. The van der Waals surface area contributed by atoms with Gasteiger partial charge in [-0.25, -0.2) is 27.5 Å². The second-order valence-electron chi connectivity index (χ2n) is 19.0. The maximum absolute atomic E-state index is 15.2. The normalized spacial score (nSPS) is 12.4. The zero-order valence-electron chi connectivity index (χ0n) is 43.9. The van der Waals surface area contributed by atoms with Crippen molar-refractivity contribution in [1.29, 1.82) is 0 Å². The Morgan fingerprint density at radius 2 is 1.00 bits per heavy atom. The van der Waals surface area contributed by atoms with Crippen LogP contribution in [0.2, 0.25) is 0 Å². The lowest BCUT2D eigenvalue weighted by molar-refractivity contribution is -0.115. The summed E-state index contributed by atoms with van der Waals surface area (Å²) in [5, 5.41) is 7.79. The first kappa shape index (κ1) is 73.3. The predicted octanol–water partition coefficient (Wildman–Crippen LogP) is 10.8. The lowest BCUT2D eigenvalue weighted by atomic mass is 10.1. The molecule has 8 aromatic rings. The number of pyridine rings is 2. The van der Waals surface area contributed by atoms with E-state index in [-0.39, 0.29) is 83.0 Å². The summed E-state index contributed by atoms with van der Waals surface area (Å²) < 4.78 is 104. The van der Waals surface area contributed by atoms with Gasteiger partial charge in [0, 0.05) is 75.5 Å². The van der Waals surface area contributed by atoms with Crippen molar-refractivity contribution in [3.8, 4) is 17.1 Å². The summed E-state index contributed by atoms with van der Waals surface area (Å²) in [6.45, 7) is 5.42. The number of nitrogens with zero attached hydrogens (tertiary/aromatic N) is 6. The first-order valence-corrected chi connectivity index (χ1v) is 28.0. The monoisotopic (exact) mass is 1460 g/mol. The summed E-state index contributed by atoms with van der Waals surface area (Å²) >= 11 is 3.78. The molecule has 0 atom stereocenters. The highest BCUT2D eigenvalue weighted by molar-refractivity contribution is 14.1. The molecule has 2 amide bonds. The molecule has 470 valence electrons. The highest BCUT2D eigenvalue weighted by Gasteiger charge is 2.49. The number of nitrogens with one attached hydrogen (secondary N) is 3. The van der Waals surface area contributed by atoms with Crippen molar-refractivity contribution in [2.24, 2.45) is 14.1 Å². The van der Waals surface area contributed by atoms with Gasteiger partial charge < -0.3 is 25.9 Å². The van der Waals surface area contributed by atoms with Crippen molar-refractivity contribution >= 4 is 118 Å². The molecule has 4 heterocycles. The van der Waals surface area contributed by atoms with Gasteiger partial charge in [0.1, 0.15) is 33.7 Å². The molecule has 0 unspecified atom stereocenters. The minimum absolute atomic E-state index is 0. The molecule has 87 heavy (non-hydrogen) atoms. The first-order valence-electron chi connectivity index (χ1n) is 24.4. The van der Waals surface area contributed by atoms with Gasteiger partial charge in [0.25, 0.3) is 22.2 Å². The van der Waals surface area contributed by atoms with Gasteiger partial charge >= 0.3 is 27.0 Å². The lowest BCUT2D eigenvalue weighted by Crippen LogP contribution is -2.42. The largest absolute Gasteiger partial charge is 0.534 e. The van der Waals surface area contributed by atoms with Crippen LogP contribution in [0.3, 0.4) is 0 Å². The van der Waals surface area contributed by atoms with E-state index in [1.807, 2.05) is 45.2 Å². The number of nitrogen functional groups attached to an aromatic ring is 1. The van der Waals surface area contributed by atoms with Crippen LogP contribution in [0.25, 0.3) is 33.4 Å². The maximum atomic E-state index is 15.2. The van der Waals surface area contributed by atoms with Crippen LogP contribution in [-0.4, -0.2) is 53.1 Å². The molecule has 21 nitrogen and oxygen atoms in total. The molecule has 2 fully saturated rings. The number of carbonyl (C=O) groups excluding carboxylic acids is 2. The molecule has 0 bridgehead atoms. The van der Waals surface area contributed by atoms with E-state index >= 15 is 4.39 Å².